The monoisotopic (exact) mass is 342 g/mol. The van der Waals surface area contributed by atoms with Crippen molar-refractivity contribution in [3.63, 3.8) is 0 Å². The Morgan fingerprint density at radius 2 is 2.16 bits per heavy atom. The molecule has 1 aromatic rings. The lowest BCUT2D eigenvalue weighted by Gasteiger charge is -2.26. The van der Waals surface area contributed by atoms with Crippen molar-refractivity contribution in [3.05, 3.63) is 33.8 Å². The van der Waals surface area contributed by atoms with Crippen LogP contribution in [0.1, 0.15) is 15.9 Å². The molecule has 5 heteroatoms. The molecule has 1 aliphatic rings. The Labute approximate surface area is 127 Å². The van der Waals surface area contributed by atoms with Gasteiger partial charge in [-0.1, -0.05) is 11.6 Å². The number of carbonyl (C=O) groups excluding carboxylic acids is 1. The largest absolute Gasteiger partial charge is 0.351 e. The maximum Gasteiger partial charge on any atom is 0.252 e. The van der Waals surface area contributed by atoms with E-state index in [1.807, 2.05) is 36.9 Å². The van der Waals surface area contributed by atoms with Crippen molar-refractivity contribution in [3.8, 4) is 0 Å². The molecular weight excluding hydrogens is 324 g/mol. The average molecular weight is 343 g/mol. The van der Waals surface area contributed by atoms with E-state index in [0.29, 0.717) is 12.1 Å². The van der Waals surface area contributed by atoms with E-state index < -0.39 is 0 Å². The van der Waals surface area contributed by atoms with Crippen LogP contribution in [0.15, 0.2) is 22.7 Å². The summed E-state index contributed by atoms with van der Waals surface area (Å²) in [5.74, 6) is 2.41. The van der Waals surface area contributed by atoms with Gasteiger partial charge in [0.1, 0.15) is 0 Å². The van der Waals surface area contributed by atoms with Gasteiger partial charge in [-0.25, -0.2) is 0 Å². The molecular formula is C14H19BrN2OS. The first-order valence-corrected chi connectivity index (χ1v) is 8.46. The highest BCUT2D eigenvalue weighted by atomic mass is 79.9. The molecule has 0 radical (unpaired) electrons. The SMILES string of the molecule is Cc1ccc(Br)c(C(=O)NCCN2CCSCC2)c1. The predicted molar refractivity (Wildman–Crippen MR) is 85.0 cm³/mol. The average Bonchev–Trinajstić information content (AvgIpc) is 2.42. The molecule has 0 bridgehead atoms. The van der Waals surface area contributed by atoms with Crippen LogP contribution >= 0.6 is 27.7 Å². The predicted octanol–water partition coefficient (Wildman–Crippen LogP) is 2.54. The fourth-order valence-electron chi connectivity index (χ4n) is 2.06. The van der Waals surface area contributed by atoms with Gasteiger partial charge in [0.25, 0.3) is 5.91 Å². The molecule has 1 fully saturated rings. The second-order valence-corrected chi connectivity index (χ2v) is 6.77. The summed E-state index contributed by atoms with van der Waals surface area (Å²) in [5, 5.41) is 3.00. The number of aryl methyl sites for hydroxylation is 1. The van der Waals surface area contributed by atoms with E-state index in [0.717, 1.165) is 29.7 Å². The number of benzene rings is 1. The lowest BCUT2D eigenvalue weighted by Crippen LogP contribution is -2.39. The molecule has 1 aliphatic heterocycles. The second-order valence-electron chi connectivity index (χ2n) is 4.69. The lowest BCUT2D eigenvalue weighted by molar-refractivity contribution is 0.0948. The molecule has 104 valence electrons. The van der Waals surface area contributed by atoms with E-state index in [1.165, 1.54) is 11.5 Å². The number of nitrogens with one attached hydrogen (secondary N) is 1. The number of hydrogen-bond acceptors (Lipinski definition) is 3. The van der Waals surface area contributed by atoms with Gasteiger partial charge in [0.15, 0.2) is 0 Å². The molecule has 0 aromatic heterocycles. The molecule has 3 nitrogen and oxygen atoms in total. The second kappa shape index (κ2) is 7.31. The van der Waals surface area contributed by atoms with Gasteiger partial charge in [0.2, 0.25) is 0 Å². The number of carbonyl (C=O) groups is 1. The first kappa shape index (κ1) is 14.9. The highest BCUT2D eigenvalue weighted by molar-refractivity contribution is 9.10. The molecule has 1 amide bonds. The van der Waals surface area contributed by atoms with Gasteiger partial charge in [-0.2, -0.15) is 11.8 Å². The number of rotatable bonds is 4. The van der Waals surface area contributed by atoms with Gasteiger partial charge in [-0.05, 0) is 35.0 Å². The highest BCUT2D eigenvalue weighted by Crippen LogP contribution is 2.17. The molecule has 0 spiro atoms. The van der Waals surface area contributed by atoms with E-state index in [9.17, 15) is 4.79 Å². The van der Waals surface area contributed by atoms with Gasteiger partial charge in [0, 0.05) is 42.2 Å². The Bertz CT molecular complexity index is 447. The van der Waals surface area contributed by atoms with Crippen molar-refractivity contribution in [1.82, 2.24) is 10.2 Å². The molecule has 0 saturated carbocycles. The van der Waals surface area contributed by atoms with Crippen molar-refractivity contribution in [2.45, 2.75) is 6.92 Å². The Kier molecular flexibility index (Phi) is 5.73. The third-order valence-corrected chi connectivity index (χ3v) is 4.82. The van der Waals surface area contributed by atoms with Crippen LogP contribution in [0.5, 0.6) is 0 Å². The fraction of sp³-hybridized carbons (Fsp3) is 0.500. The van der Waals surface area contributed by atoms with Gasteiger partial charge in [0.05, 0.1) is 5.56 Å². The third-order valence-electron chi connectivity index (χ3n) is 3.18. The van der Waals surface area contributed by atoms with Crippen LogP contribution in [-0.2, 0) is 0 Å². The molecule has 0 unspecified atom stereocenters. The van der Waals surface area contributed by atoms with Gasteiger partial charge < -0.3 is 5.32 Å². The molecule has 0 atom stereocenters. The summed E-state index contributed by atoms with van der Waals surface area (Å²) in [4.78, 5) is 14.5. The number of halogens is 1. The number of nitrogens with zero attached hydrogens (tertiary/aromatic N) is 1. The zero-order valence-electron chi connectivity index (χ0n) is 11.1. The Morgan fingerprint density at radius 1 is 1.42 bits per heavy atom. The third kappa shape index (κ3) is 4.51. The highest BCUT2D eigenvalue weighted by Gasteiger charge is 2.12. The lowest BCUT2D eigenvalue weighted by atomic mass is 10.1. The Balaban J connectivity index is 1.82. The number of hydrogen-bond donors (Lipinski definition) is 1. The summed E-state index contributed by atoms with van der Waals surface area (Å²) in [5.41, 5.74) is 1.82. The van der Waals surface area contributed by atoms with E-state index >= 15 is 0 Å². The van der Waals surface area contributed by atoms with Crippen molar-refractivity contribution in [1.29, 1.82) is 0 Å². The first-order valence-electron chi connectivity index (χ1n) is 6.51. The fourth-order valence-corrected chi connectivity index (χ4v) is 3.47. The molecule has 0 aliphatic carbocycles. The van der Waals surface area contributed by atoms with E-state index in [4.69, 9.17) is 0 Å². The van der Waals surface area contributed by atoms with E-state index in [-0.39, 0.29) is 5.91 Å². The zero-order chi connectivity index (χ0) is 13.7. The summed E-state index contributed by atoms with van der Waals surface area (Å²) in [6.45, 7) is 5.91. The quantitative estimate of drug-likeness (QED) is 0.912. The van der Waals surface area contributed by atoms with E-state index in [2.05, 4.69) is 26.1 Å². The molecule has 19 heavy (non-hydrogen) atoms. The maximum absolute atomic E-state index is 12.1. The first-order chi connectivity index (χ1) is 9.16. The topological polar surface area (TPSA) is 32.3 Å². The normalized spacial score (nSPS) is 16.3. The van der Waals surface area contributed by atoms with Crippen LogP contribution in [0.3, 0.4) is 0 Å². The molecule has 1 heterocycles. The minimum atomic E-state index is 0.00181. The Hall–Kier alpha value is -0.520. The Morgan fingerprint density at radius 3 is 2.89 bits per heavy atom. The van der Waals surface area contributed by atoms with Gasteiger partial charge in [-0.15, -0.1) is 0 Å². The number of amides is 1. The summed E-state index contributed by atoms with van der Waals surface area (Å²) in [6.07, 6.45) is 0. The summed E-state index contributed by atoms with van der Waals surface area (Å²) in [6, 6.07) is 5.83. The minimum Gasteiger partial charge on any atom is -0.351 e. The van der Waals surface area contributed by atoms with Gasteiger partial charge in [-0.3, -0.25) is 9.69 Å². The van der Waals surface area contributed by atoms with E-state index in [1.54, 1.807) is 0 Å². The molecule has 1 N–H and O–H groups in total. The van der Waals surface area contributed by atoms with Crippen molar-refractivity contribution in [2.24, 2.45) is 0 Å². The molecule has 1 aromatic carbocycles. The molecule has 2 rings (SSSR count). The van der Waals surface area contributed by atoms with Crippen LogP contribution < -0.4 is 5.32 Å². The maximum atomic E-state index is 12.1. The summed E-state index contributed by atoms with van der Waals surface area (Å²) in [7, 11) is 0. The van der Waals surface area contributed by atoms with Gasteiger partial charge >= 0.3 is 0 Å². The smallest absolute Gasteiger partial charge is 0.252 e. The van der Waals surface area contributed by atoms with Crippen molar-refractivity contribution < 1.29 is 4.79 Å². The van der Waals surface area contributed by atoms with Crippen molar-refractivity contribution >= 4 is 33.6 Å². The summed E-state index contributed by atoms with van der Waals surface area (Å²) >= 11 is 5.43. The standard InChI is InChI=1S/C14H19BrN2OS/c1-11-2-3-13(15)12(10-11)14(18)16-4-5-17-6-8-19-9-7-17/h2-3,10H,4-9H2,1H3,(H,16,18). The van der Waals surface area contributed by atoms with Crippen LogP contribution in [0, 0.1) is 6.92 Å². The van der Waals surface area contributed by atoms with Crippen LogP contribution in [0.2, 0.25) is 0 Å². The minimum absolute atomic E-state index is 0.00181. The van der Waals surface area contributed by atoms with Crippen LogP contribution in [0.4, 0.5) is 0 Å². The van der Waals surface area contributed by atoms with Crippen molar-refractivity contribution in [2.75, 3.05) is 37.7 Å². The number of thioether (sulfide) groups is 1. The summed E-state index contributed by atoms with van der Waals surface area (Å²) < 4.78 is 0.852. The molecule has 1 saturated heterocycles. The zero-order valence-corrected chi connectivity index (χ0v) is 13.5. The van der Waals surface area contributed by atoms with Crippen LogP contribution in [0.25, 0.3) is 0 Å². The van der Waals surface area contributed by atoms with Crippen LogP contribution in [-0.4, -0.2) is 48.5 Å².